The second-order valence-electron chi connectivity index (χ2n) is 5.37. The Bertz CT molecular complexity index is 709. The first-order valence-electron chi connectivity index (χ1n) is 7.76. The maximum atomic E-state index is 11.2. The van der Waals surface area contributed by atoms with Crippen molar-refractivity contribution in [2.24, 2.45) is 5.84 Å². The number of benzene rings is 2. The molecule has 0 spiro atoms. The fraction of sp³-hybridized carbons (Fsp3) is 0.263. The van der Waals surface area contributed by atoms with Crippen molar-refractivity contribution in [1.29, 1.82) is 0 Å². The second kappa shape index (κ2) is 10.0. The summed E-state index contributed by atoms with van der Waals surface area (Å²) in [5, 5.41) is 0. The molecule has 7 heteroatoms. The molecule has 26 heavy (non-hydrogen) atoms. The van der Waals surface area contributed by atoms with Gasteiger partial charge in [0.2, 0.25) is 0 Å². The molecule has 2 aromatic carbocycles. The number of nitrogen functional groups attached to an aromatic ring is 1. The number of carbonyl (C=O) groups excluding carboxylic acids is 2. The summed E-state index contributed by atoms with van der Waals surface area (Å²) in [4.78, 5) is 22.4. The quantitative estimate of drug-likeness (QED) is 0.376. The lowest BCUT2D eigenvalue weighted by Crippen LogP contribution is -2.30. The number of rotatable bonds is 4. The zero-order valence-electron chi connectivity index (χ0n) is 15.6. The Morgan fingerprint density at radius 2 is 1.31 bits per heavy atom. The summed E-state index contributed by atoms with van der Waals surface area (Å²) in [7, 11) is 4.39. The average molecular weight is 360 g/mol. The minimum Gasteiger partial charge on any atom is -0.496 e. The highest BCUT2D eigenvalue weighted by Gasteiger charge is 2.11. The van der Waals surface area contributed by atoms with Crippen LogP contribution in [0.4, 0.5) is 0 Å². The molecule has 0 saturated carbocycles. The van der Waals surface area contributed by atoms with Gasteiger partial charge in [0.05, 0.1) is 26.9 Å². The van der Waals surface area contributed by atoms with Crippen LogP contribution in [0.5, 0.6) is 11.5 Å². The standard InChI is InChI=1S/C10H12O3.C9H12N2O2/c1-7-4-5-8(10(11)13-3)9(6-7)12-2;1-6-3-4-7(9(12)11-10)8(5-6)13-2/h4-6H,1-3H3;3-5H,10H2,1-2H3,(H,11,12). The van der Waals surface area contributed by atoms with E-state index < -0.39 is 0 Å². The van der Waals surface area contributed by atoms with Gasteiger partial charge in [-0.3, -0.25) is 10.2 Å². The van der Waals surface area contributed by atoms with Crippen molar-refractivity contribution in [2.75, 3.05) is 21.3 Å². The van der Waals surface area contributed by atoms with Crippen LogP contribution in [0.2, 0.25) is 0 Å². The monoisotopic (exact) mass is 360 g/mol. The topological polar surface area (TPSA) is 99.9 Å². The Morgan fingerprint density at radius 3 is 1.73 bits per heavy atom. The SMILES string of the molecule is COC(=O)c1ccc(C)cc1OC.COc1cc(C)ccc1C(=O)NN. The van der Waals surface area contributed by atoms with E-state index in [4.69, 9.17) is 15.3 Å². The fourth-order valence-electron chi connectivity index (χ4n) is 2.14. The van der Waals surface area contributed by atoms with E-state index >= 15 is 0 Å². The Labute approximate surface area is 153 Å². The third-order valence-electron chi connectivity index (χ3n) is 3.50. The average Bonchev–Trinajstić information content (AvgIpc) is 2.66. The maximum absolute atomic E-state index is 11.2. The number of hydrogen-bond donors (Lipinski definition) is 2. The zero-order chi connectivity index (χ0) is 19.7. The molecular weight excluding hydrogens is 336 g/mol. The summed E-state index contributed by atoms with van der Waals surface area (Å²) in [5.74, 6) is 5.36. The highest BCUT2D eigenvalue weighted by Crippen LogP contribution is 2.20. The molecule has 0 radical (unpaired) electrons. The molecule has 2 rings (SSSR count). The van der Waals surface area contributed by atoms with E-state index in [1.54, 1.807) is 24.3 Å². The number of hydrogen-bond acceptors (Lipinski definition) is 6. The van der Waals surface area contributed by atoms with Crippen molar-refractivity contribution in [2.45, 2.75) is 13.8 Å². The van der Waals surface area contributed by atoms with Crippen LogP contribution in [-0.4, -0.2) is 33.2 Å². The number of carbonyl (C=O) groups is 2. The molecule has 2 aromatic rings. The first kappa shape index (κ1) is 21.0. The van der Waals surface area contributed by atoms with Crippen LogP contribution in [0.3, 0.4) is 0 Å². The van der Waals surface area contributed by atoms with E-state index in [2.05, 4.69) is 10.2 Å². The third-order valence-corrected chi connectivity index (χ3v) is 3.50. The predicted molar refractivity (Wildman–Crippen MR) is 98.5 cm³/mol. The summed E-state index contributed by atoms with van der Waals surface area (Å²) >= 11 is 0. The Hall–Kier alpha value is -3.06. The molecule has 0 aromatic heterocycles. The molecule has 0 fully saturated rings. The molecule has 0 bridgehead atoms. The van der Waals surface area contributed by atoms with Crippen molar-refractivity contribution < 1.29 is 23.8 Å². The van der Waals surface area contributed by atoms with Crippen LogP contribution in [0.15, 0.2) is 36.4 Å². The van der Waals surface area contributed by atoms with Gasteiger partial charge in [-0.25, -0.2) is 10.6 Å². The lowest BCUT2D eigenvalue weighted by Gasteiger charge is -2.07. The van der Waals surface area contributed by atoms with Crippen LogP contribution in [0.1, 0.15) is 31.8 Å². The van der Waals surface area contributed by atoms with Crippen LogP contribution in [-0.2, 0) is 4.74 Å². The van der Waals surface area contributed by atoms with Gasteiger partial charge in [-0.05, 0) is 49.2 Å². The minimum atomic E-state index is -0.378. The number of nitrogens with two attached hydrogens (primary N) is 1. The number of hydrazine groups is 1. The molecule has 3 N–H and O–H groups in total. The van der Waals surface area contributed by atoms with Gasteiger partial charge in [0.25, 0.3) is 5.91 Å². The van der Waals surface area contributed by atoms with Crippen molar-refractivity contribution >= 4 is 11.9 Å². The second-order valence-corrected chi connectivity index (χ2v) is 5.37. The highest BCUT2D eigenvalue weighted by molar-refractivity contribution is 5.96. The Morgan fingerprint density at radius 1 is 0.846 bits per heavy atom. The molecule has 1 amide bonds. The van der Waals surface area contributed by atoms with Gasteiger partial charge < -0.3 is 14.2 Å². The Balaban J connectivity index is 0.000000260. The van der Waals surface area contributed by atoms with Crippen LogP contribution >= 0.6 is 0 Å². The van der Waals surface area contributed by atoms with Gasteiger partial charge >= 0.3 is 5.97 Å². The molecule has 7 nitrogen and oxygen atoms in total. The smallest absolute Gasteiger partial charge is 0.341 e. The van der Waals surface area contributed by atoms with Crippen molar-refractivity contribution in [3.63, 3.8) is 0 Å². The summed E-state index contributed by atoms with van der Waals surface area (Å²) < 4.78 is 14.7. The first-order chi connectivity index (χ1) is 12.4. The van der Waals surface area contributed by atoms with E-state index in [9.17, 15) is 9.59 Å². The molecule has 0 aliphatic heterocycles. The molecule has 0 saturated heterocycles. The molecule has 0 heterocycles. The van der Waals surface area contributed by atoms with Crippen LogP contribution < -0.4 is 20.7 Å². The lowest BCUT2D eigenvalue weighted by atomic mass is 10.1. The number of nitrogens with one attached hydrogen (secondary N) is 1. The van der Waals surface area contributed by atoms with Crippen molar-refractivity contribution in [1.82, 2.24) is 5.43 Å². The van der Waals surface area contributed by atoms with E-state index in [1.807, 2.05) is 26.0 Å². The number of amides is 1. The van der Waals surface area contributed by atoms with Gasteiger partial charge in [-0.2, -0.15) is 0 Å². The van der Waals surface area contributed by atoms with Crippen LogP contribution in [0, 0.1) is 13.8 Å². The van der Waals surface area contributed by atoms with E-state index in [-0.39, 0.29) is 11.9 Å². The third kappa shape index (κ3) is 5.49. The van der Waals surface area contributed by atoms with E-state index in [0.29, 0.717) is 22.6 Å². The predicted octanol–water partition coefficient (Wildman–Crippen LogP) is 2.40. The van der Waals surface area contributed by atoms with E-state index in [0.717, 1.165) is 11.1 Å². The largest absolute Gasteiger partial charge is 0.496 e. The van der Waals surface area contributed by atoms with Crippen molar-refractivity contribution in [3.05, 3.63) is 58.7 Å². The van der Waals surface area contributed by atoms with Gasteiger partial charge in [-0.1, -0.05) is 12.1 Å². The van der Waals surface area contributed by atoms with E-state index in [1.165, 1.54) is 21.3 Å². The maximum Gasteiger partial charge on any atom is 0.341 e. The summed E-state index contributed by atoms with van der Waals surface area (Å²) in [6.07, 6.45) is 0. The number of esters is 1. The molecule has 0 atom stereocenters. The Kier molecular flexibility index (Phi) is 8.11. The van der Waals surface area contributed by atoms with Crippen LogP contribution in [0.25, 0.3) is 0 Å². The fourth-order valence-corrected chi connectivity index (χ4v) is 2.14. The minimum absolute atomic E-state index is 0.350. The zero-order valence-corrected chi connectivity index (χ0v) is 15.6. The first-order valence-corrected chi connectivity index (χ1v) is 7.76. The molecular formula is C19H24N2O5. The van der Waals surface area contributed by atoms with Gasteiger partial charge in [-0.15, -0.1) is 0 Å². The van der Waals surface area contributed by atoms with Gasteiger partial charge in [0.15, 0.2) is 0 Å². The summed E-state index contributed by atoms with van der Waals surface area (Å²) in [6, 6.07) is 10.6. The molecule has 140 valence electrons. The van der Waals surface area contributed by atoms with Gasteiger partial charge in [0, 0.05) is 0 Å². The molecule has 0 aliphatic rings. The summed E-state index contributed by atoms with van der Waals surface area (Å²) in [5.41, 5.74) is 5.03. The summed E-state index contributed by atoms with van der Waals surface area (Å²) in [6.45, 7) is 3.86. The molecule has 0 aliphatic carbocycles. The molecule has 0 unspecified atom stereocenters. The number of aryl methyl sites for hydroxylation is 2. The van der Waals surface area contributed by atoms with Gasteiger partial charge in [0.1, 0.15) is 17.1 Å². The number of methoxy groups -OCH3 is 3. The lowest BCUT2D eigenvalue weighted by molar-refractivity contribution is 0.0597. The highest BCUT2D eigenvalue weighted by atomic mass is 16.5. The number of ether oxygens (including phenoxy) is 3. The van der Waals surface area contributed by atoms with Crippen molar-refractivity contribution in [3.8, 4) is 11.5 Å². The normalized spacial score (nSPS) is 9.46.